The number of fused-ring (bicyclic) bond motifs is 3. The highest BCUT2D eigenvalue weighted by Crippen LogP contribution is 2.35. The van der Waals surface area contributed by atoms with Crippen LogP contribution in [0.4, 0.5) is 5.69 Å². The fraction of sp³-hybridized carbons (Fsp3) is 0.471. The first-order valence-corrected chi connectivity index (χ1v) is 9.03. The lowest BCUT2D eigenvalue weighted by molar-refractivity contribution is -0.385. The number of carbonyl (C=O) groups is 1. The molecule has 0 radical (unpaired) electrons. The van der Waals surface area contributed by atoms with Crippen molar-refractivity contribution in [1.82, 2.24) is 20.2 Å². The van der Waals surface area contributed by atoms with E-state index in [1.165, 1.54) is 6.07 Å². The van der Waals surface area contributed by atoms with Gasteiger partial charge in [0.15, 0.2) is 0 Å². The number of amides is 1. The molecule has 0 bridgehead atoms. The molecule has 12 nitrogen and oxygen atoms in total. The number of aliphatic hydroxyl groups is 2. The maximum atomic E-state index is 12.3. The topological polar surface area (TPSA) is 182 Å². The summed E-state index contributed by atoms with van der Waals surface area (Å²) in [5, 5.41) is 32.3. The number of carbonyl (C=O) groups excluding carboxylic acids is 1. The van der Waals surface area contributed by atoms with Crippen LogP contribution in [0.1, 0.15) is 11.1 Å². The van der Waals surface area contributed by atoms with Crippen molar-refractivity contribution in [3.05, 3.63) is 48.0 Å². The Balaban J connectivity index is 1.86. The number of aromatic nitrogens is 2. The van der Waals surface area contributed by atoms with Crippen molar-refractivity contribution in [3.63, 3.8) is 0 Å². The predicted molar refractivity (Wildman–Crippen MR) is 102 cm³/mol. The number of aromatic amines is 2. The quantitative estimate of drug-likeness (QED) is 0.189. The van der Waals surface area contributed by atoms with E-state index in [0.29, 0.717) is 16.6 Å². The molecule has 1 aliphatic carbocycles. The first-order valence-electron chi connectivity index (χ1n) is 9.03. The minimum absolute atomic E-state index is 0.0407. The maximum Gasteiger partial charge on any atom is 0.314 e. The third-order valence-electron chi connectivity index (χ3n) is 4.88. The molecule has 3 rings (SSSR count). The number of nitro benzene ring substituents is 1. The zero-order chi connectivity index (χ0) is 21.1. The molecular weight excluding hydrogens is 386 g/mol. The lowest BCUT2D eigenvalue weighted by atomic mass is 10.1. The first kappa shape index (κ1) is 20.6. The number of nitrogens with one attached hydrogen (secondary N) is 3. The number of aliphatic hydroxyl groups excluding tert-OH is 2. The lowest BCUT2D eigenvalue weighted by Gasteiger charge is -2.21. The van der Waals surface area contributed by atoms with E-state index in [-0.39, 0.29) is 62.8 Å². The molecule has 1 unspecified atom stereocenters. The molecule has 1 aromatic carbocycles. The Hall–Kier alpha value is -3.09. The maximum absolute atomic E-state index is 12.3. The van der Waals surface area contributed by atoms with Crippen LogP contribution < -0.4 is 16.4 Å². The normalized spacial score (nSPS) is 15.6. The van der Waals surface area contributed by atoms with E-state index < -0.39 is 22.1 Å². The molecule has 5 N–H and O–H groups in total. The summed E-state index contributed by atoms with van der Waals surface area (Å²) < 4.78 is 0. The van der Waals surface area contributed by atoms with Gasteiger partial charge in [-0.25, -0.2) is 0 Å². The SMILES string of the molecule is O=C(CN(CCO)CCO)NC1Cc2c([N+](=O)[O-])cc3[nH]c(=O)c(=O)[nH]c3c2C1. The second-order valence-corrected chi connectivity index (χ2v) is 6.84. The Morgan fingerprint density at radius 2 is 1.79 bits per heavy atom. The zero-order valence-electron chi connectivity index (χ0n) is 15.4. The molecule has 0 saturated carbocycles. The molecule has 1 aromatic heterocycles. The van der Waals surface area contributed by atoms with E-state index in [0.717, 1.165) is 0 Å². The van der Waals surface area contributed by atoms with E-state index in [2.05, 4.69) is 15.3 Å². The molecule has 156 valence electrons. The largest absolute Gasteiger partial charge is 0.395 e. The predicted octanol–water partition coefficient (Wildman–Crippen LogP) is -2.01. The van der Waals surface area contributed by atoms with Gasteiger partial charge in [-0.2, -0.15) is 0 Å². The Labute approximate surface area is 163 Å². The Bertz CT molecular complexity index is 1050. The van der Waals surface area contributed by atoms with E-state index in [1.54, 1.807) is 4.90 Å². The van der Waals surface area contributed by atoms with Gasteiger partial charge in [0.25, 0.3) is 5.69 Å². The van der Waals surface area contributed by atoms with E-state index in [4.69, 9.17) is 10.2 Å². The van der Waals surface area contributed by atoms with Crippen molar-refractivity contribution in [2.75, 3.05) is 32.8 Å². The van der Waals surface area contributed by atoms with Crippen LogP contribution in [0.25, 0.3) is 11.0 Å². The minimum Gasteiger partial charge on any atom is -0.395 e. The number of nitrogens with zero attached hydrogens (tertiary/aromatic N) is 2. The van der Waals surface area contributed by atoms with Gasteiger partial charge >= 0.3 is 11.1 Å². The third-order valence-corrected chi connectivity index (χ3v) is 4.88. The van der Waals surface area contributed by atoms with Crippen molar-refractivity contribution >= 4 is 22.6 Å². The van der Waals surface area contributed by atoms with Gasteiger partial charge < -0.3 is 25.5 Å². The smallest absolute Gasteiger partial charge is 0.314 e. The second kappa shape index (κ2) is 8.51. The third kappa shape index (κ3) is 4.34. The van der Waals surface area contributed by atoms with Crippen LogP contribution in [0.5, 0.6) is 0 Å². The van der Waals surface area contributed by atoms with Crippen molar-refractivity contribution in [2.24, 2.45) is 0 Å². The molecule has 1 atom stereocenters. The highest BCUT2D eigenvalue weighted by molar-refractivity contribution is 5.84. The summed E-state index contributed by atoms with van der Waals surface area (Å²) in [4.78, 5) is 52.9. The lowest BCUT2D eigenvalue weighted by Crippen LogP contribution is -2.44. The van der Waals surface area contributed by atoms with Crippen molar-refractivity contribution in [1.29, 1.82) is 0 Å². The molecule has 29 heavy (non-hydrogen) atoms. The Morgan fingerprint density at radius 3 is 2.41 bits per heavy atom. The number of benzene rings is 1. The molecule has 1 heterocycles. The standard InChI is InChI=1S/C17H21N5O7/c23-3-1-21(2-4-24)8-14(25)18-9-5-10-11(6-9)15-12(7-13(10)22(28)29)19-16(26)17(27)20-15/h7,9,23-24H,1-6,8H2,(H,18,25)(H,19,26)(H,20,27). The van der Waals surface area contributed by atoms with Gasteiger partial charge in [-0.3, -0.25) is 29.4 Å². The van der Waals surface area contributed by atoms with Gasteiger partial charge in [0.05, 0.1) is 35.7 Å². The van der Waals surface area contributed by atoms with Gasteiger partial charge in [-0.1, -0.05) is 0 Å². The van der Waals surface area contributed by atoms with Gasteiger partial charge in [-0.05, 0) is 12.0 Å². The number of hydrogen-bond donors (Lipinski definition) is 5. The van der Waals surface area contributed by atoms with Gasteiger partial charge in [0.2, 0.25) is 5.91 Å². The summed E-state index contributed by atoms with van der Waals surface area (Å²) >= 11 is 0. The molecule has 12 heteroatoms. The molecule has 0 spiro atoms. The van der Waals surface area contributed by atoms with Crippen LogP contribution in [0.15, 0.2) is 15.7 Å². The summed E-state index contributed by atoms with van der Waals surface area (Å²) in [6.45, 7) is 0.0892. The summed E-state index contributed by atoms with van der Waals surface area (Å²) in [5.74, 6) is -0.349. The molecule has 1 amide bonds. The molecule has 0 fully saturated rings. The van der Waals surface area contributed by atoms with Crippen LogP contribution in [0.2, 0.25) is 0 Å². The Morgan fingerprint density at radius 1 is 1.17 bits per heavy atom. The molecule has 2 aromatic rings. The number of rotatable bonds is 8. The number of nitro groups is 1. The first-order chi connectivity index (χ1) is 13.8. The van der Waals surface area contributed by atoms with Crippen LogP contribution in [-0.2, 0) is 17.6 Å². The van der Waals surface area contributed by atoms with Gasteiger partial charge in [-0.15, -0.1) is 0 Å². The average molecular weight is 407 g/mol. The average Bonchev–Trinajstić information content (AvgIpc) is 3.06. The monoisotopic (exact) mass is 407 g/mol. The summed E-state index contributed by atoms with van der Waals surface area (Å²) in [6, 6.07) is 0.780. The zero-order valence-corrected chi connectivity index (χ0v) is 15.4. The van der Waals surface area contributed by atoms with Crippen LogP contribution >= 0.6 is 0 Å². The van der Waals surface area contributed by atoms with E-state index in [9.17, 15) is 24.5 Å². The number of H-pyrrole nitrogens is 2. The molecular formula is C17H21N5O7. The summed E-state index contributed by atoms with van der Waals surface area (Å²) in [6.07, 6.45) is 0.454. The Kier molecular flexibility index (Phi) is 6.06. The van der Waals surface area contributed by atoms with E-state index >= 15 is 0 Å². The van der Waals surface area contributed by atoms with Crippen LogP contribution in [-0.4, -0.2) is 74.8 Å². The summed E-state index contributed by atoms with van der Waals surface area (Å²) in [5.41, 5.74) is -0.562. The summed E-state index contributed by atoms with van der Waals surface area (Å²) in [7, 11) is 0. The fourth-order valence-corrected chi connectivity index (χ4v) is 3.67. The van der Waals surface area contributed by atoms with Crippen molar-refractivity contribution < 1.29 is 19.9 Å². The van der Waals surface area contributed by atoms with Crippen molar-refractivity contribution in [2.45, 2.75) is 18.9 Å². The fourth-order valence-electron chi connectivity index (χ4n) is 3.67. The minimum atomic E-state index is -0.901. The highest BCUT2D eigenvalue weighted by atomic mass is 16.6. The number of hydrogen-bond acceptors (Lipinski definition) is 8. The molecule has 0 saturated heterocycles. The van der Waals surface area contributed by atoms with Gasteiger partial charge in [0, 0.05) is 37.2 Å². The second-order valence-electron chi connectivity index (χ2n) is 6.84. The molecule has 0 aliphatic heterocycles. The molecule has 1 aliphatic rings. The van der Waals surface area contributed by atoms with E-state index in [1.807, 2.05) is 0 Å². The van der Waals surface area contributed by atoms with Crippen LogP contribution in [0, 0.1) is 10.1 Å². The van der Waals surface area contributed by atoms with Crippen molar-refractivity contribution in [3.8, 4) is 0 Å². The van der Waals surface area contributed by atoms with Crippen LogP contribution in [0.3, 0.4) is 0 Å². The highest BCUT2D eigenvalue weighted by Gasteiger charge is 2.32. The van der Waals surface area contributed by atoms with Gasteiger partial charge in [0.1, 0.15) is 0 Å².